The molecular formula is C37H24OS. The molecular weight excluding hydrogens is 492 g/mol. The van der Waals surface area contributed by atoms with E-state index in [0.29, 0.717) is 0 Å². The van der Waals surface area contributed by atoms with Gasteiger partial charge in [-0.15, -0.1) is 11.3 Å². The molecule has 2 heteroatoms. The first kappa shape index (κ1) is 20.8. The van der Waals surface area contributed by atoms with Gasteiger partial charge in [-0.3, -0.25) is 0 Å². The van der Waals surface area contributed by atoms with E-state index in [-0.39, 0.29) is 5.41 Å². The Balaban J connectivity index is 1.56. The molecule has 0 bridgehead atoms. The fourth-order valence-electron chi connectivity index (χ4n) is 8.03. The largest absolute Gasteiger partial charge is 0.460 e. The van der Waals surface area contributed by atoms with Crippen LogP contribution < -0.4 is 0 Å². The highest BCUT2D eigenvalue weighted by Gasteiger charge is 2.39. The van der Waals surface area contributed by atoms with E-state index in [9.17, 15) is 0 Å². The fraction of sp³-hybridized carbons (Fsp3) is 0.135. The number of allylic oxidation sites excluding steroid dienone is 1. The highest BCUT2D eigenvalue weighted by Crippen LogP contribution is 2.57. The van der Waals surface area contributed by atoms with Gasteiger partial charge in [0.2, 0.25) is 0 Å². The minimum Gasteiger partial charge on any atom is -0.460 e. The minimum absolute atomic E-state index is 0.103. The molecule has 0 N–H and O–H groups in total. The molecule has 2 heterocycles. The number of furan rings is 1. The summed E-state index contributed by atoms with van der Waals surface area (Å²) < 4.78 is 9.57. The van der Waals surface area contributed by atoms with Crippen LogP contribution in [0, 0.1) is 0 Å². The van der Waals surface area contributed by atoms with E-state index in [2.05, 4.69) is 98.8 Å². The second-order valence-electron chi connectivity index (χ2n) is 11.9. The van der Waals surface area contributed by atoms with E-state index in [1.54, 1.807) is 0 Å². The summed E-state index contributed by atoms with van der Waals surface area (Å²) in [5.74, 6) is 1.14. The third kappa shape index (κ3) is 2.31. The Labute approximate surface area is 229 Å². The molecule has 0 fully saturated rings. The van der Waals surface area contributed by atoms with Crippen molar-refractivity contribution in [2.75, 3.05) is 0 Å². The third-order valence-corrected chi connectivity index (χ3v) is 10.7. The van der Waals surface area contributed by atoms with Crippen LogP contribution in [0.3, 0.4) is 0 Å². The zero-order valence-electron chi connectivity index (χ0n) is 21.8. The first-order valence-electron chi connectivity index (χ1n) is 13.9. The van der Waals surface area contributed by atoms with Crippen molar-refractivity contribution >= 4 is 80.9 Å². The van der Waals surface area contributed by atoms with Crippen LogP contribution in [0.25, 0.3) is 80.7 Å². The predicted octanol–water partition coefficient (Wildman–Crippen LogP) is 11.0. The Hall–Kier alpha value is -4.14. The zero-order chi connectivity index (χ0) is 25.6. The van der Waals surface area contributed by atoms with E-state index in [1.807, 2.05) is 11.3 Å². The van der Waals surface area contributed by atoms with Crippen molar-refractivity contribution in [3.8, 4) is 11.1 Å². The molecule has 6 aromatic carbocycles. The van der Waals surface area contributed by atoms with Gasteiger partial charge in [0.25, 0.3) is 0 Å². The highest BCUT2D eigenvalue weighted by atomic mass is 32.1. The van der Waals surface area contributed by atoms with Crippen molar-refractivity contribution in [3.63, 3.8) is 0 Å². The molecule has 10 rings (SSSR count). The van der Waals surface area contributed by atoms with Gasteiger partial charge in [0, 0.05) is 53.7 Å². The average molecular weight is 517 g/mol. The predicted molar refractivity (Wildman–Crippen MR) is 168 cm³/mol. The summed E-state index contributed by atoms with van der Waals surface area (Å²) in [6, 6.07) is 27.5. The number of thiophene rings is 1. The van der Waals surface area contributed by atoms with E-state index in [0.717, 1.165) is 24.2 Å². The molecule has 1 nitrogen and oxygen atoms in total. The summed E-state index contributed by atoms with van der Waals surface area (Å²) in [6.07, 6.45) is 6.65. The van der Waals surface area contributed by atoms with Crippen LogP contribution >= 0.6 is 11.3 Å². The molecule has 0 aliphatic heterocycles. The van der Waals surface area contributed by atoms with Crippen LogP contribution in [0.15, 0.2) is 83.3 Å². The van der Waals surface area contributed by atoms with Gasteiger partial charge in [-0.25, -0.2) is 0 Å². The number of benzene rings is 6. The van der Waals surface area contributed by atoms with Crippen molar-refractivity contribution < 1.29 is 4.42 Å². The van der Waals surface area contributed by atoms with Crippen LogP contribution in [0.5, 0.6) is 0 Å². The molecule has 0 saturated carbocycles. The van der Waals surface area contributed by atoms with Crippen LogP contribution in [0.1, 0.15) is 42.7 Å². The average Bonchev–Trinajstić information content (AvgIpc) is 3.60. The van der Waals surface area contributed by atoms with Crippen molar-refractivity contribution in [2.24, 2.45) is 0 Å². The van der Waals surface area contributed by atoms with Gasteiger partial charge in [-0.05, 0) is 68.4 Å². The van der Waals surface area contributed by atoms with Crippen LogP contribution in [0.4, 0.5) is 0 Å². The Bertz CT molecular complexity index is 2410. The van der Waals surface area contributed by atoms with E-state index in [1.165, 1.54) is 85.7 Å². The maximum Gasteiger partial charge on any atom is 0.143 e. The third-order valence-electron chi connectivity index (χ3n) is 9.60. The van der Waals surface area contributed by atoms with Gasteiger partial charge in [0.15, 0.2) is 0 Å². The van der Waals surface area contributed by atoms with Gasteiger partial charge in [0.1, 0.15) is 11.3 Å². The lowest BCUT2D eigenvalue weighted by Crippen LogP contribution is -2.15. The number of hydrogen-bond acceptors (Lipinski definition) is 2. The van der Waals surface area contributed by atoms with Gasteiger partial charge in [-0.2, -0.15) is 0 Å². The number of rotatable bonds is 0. The molecule has 2 aliphatic rings. The lowest BCUT2D eigenvalue weighted by atomic mass is 9.77. The topological polar surface area (TPSA) is 13.1 Å². The molecule has 0 radical (unpaired) electrons. The van der Waals surface area contributed by atoms with Crippen molar-refractivity contribution in [2.45, 2.75) is 32.1 Å². The maximum atomic E-state index is 6.89. The van der Waals surface area contributed by atoms with Crippen LogP contribution in [0.2, 0.25) is 0 Å². The molecule has 0 amide bonds. The van der Waals surface area contributed by atoms with Crippen LogP contribution in [-0.4, -0.2) is 0 Å². The van der Waals surface area contributed by atoms with E-state index >= 15 is 0 Å². The minimum atomic E-state index is -0.103. The molecule has 39 heavy (non-hydrogen) atoms. The maximum absolute atomic E-state index is 6.89. The normalized spacial score (nSPS) is 15.8. The van der Waals surface area contributed by atoms with Gasteiger partial charge >= 0.3 is 0 Å². The summed E-state index contributed by atoms with van der Waals surface area (Å²) in [5, 5.41) is 12.1. The summed E-state index contributed by atoms with van der Waals surface area (Å²) >= 11 is 1.90. The first-order valence-corrected chi connectivity index (χ1v) is 14.7. The second-order valence-corrected chi connectivity index (χ2v) is 13.0. The standard InChI is InChI=1S/C37H24OS/c1-37(2)26-12-6-3-9-20(26)24-17-19-15-16-23-31-22-11-5-8-14-28(22)39-29(31)18-25-32(23)30(19)34(35(24)37)33-21-10-4-7-13-27(21)38-36(25)33/h3-6,8-12,14-18H,7,13H2,1-2H3. The molecule has 184 valence electrons. The summed E-state index contributed by atoms with van der Waals surface area (Å²) in [4.78, 5) is 0. The Kier molecular flexibility index (Phi) is 3.57. The van der Waals surface area contributed by atoms with E-state index in [4.69, 9.17) is 4.42 Å². The summed E-state index contributed by atoms with van der Waals surface area (Å²) in [6.45, 7) is 4.82. The molecule has 0 saturated heterocycles. The molecule has 2 aliphatic carbocycles. The monoisotopic (exact) mass is 516 g/mol. The Morgan fingerprint density at radius 2 is 1.59 bits per heavy atom. The molecule has 0 unspecified atom stereocenters. The fourth-order valence-corrected chi connectivity index (χ4v) is 9.19. The molecule has 0 spiro atoms. The molecule has 2 aromatic heterocycles. The quantitative estimate of drug-likeness (QED) is 0.183. The van der Waals surface area contributed by atoms with Crippen LogP contribution in [-0.2, 0) is 11.8 Å². The Morgan fingerprint density at radius 3 is 2.54 bits per heavy atom. The first-order chi connectivity index (χ1) is 19.1. The second kappa shape index (κ2) is 6.70. The number of fused-ring (bicyclic) bond motifs is 13. The smallest absolute Gasteiger partial charge is 0.143 e. The lowest BCUT2D eigenvalue weighted by Gasteiger charge is -2.25. The van der Waals surface area contributed by atoms with Crippen molar-refractivity contribution in [1.29, 1.82) is 0 Å². The van der Waals surface area contributed by atoms with Gasteiger partial charge in [0.05, 0.1) is 0 Å². The lowest BCUT2D eigenvalue weighted by molar-refractivity contribution is 0.549. The zero-order valence-corrected chi connectivity index (χ0v) is 22.6. The Morgan fingerprint density at radius 1 is 0.718 bits per heavy atom. The highest BCUT2D eigenvalue weighted by molar-refractivity contribution is 7.26. The summed E-state index contributed by atoms with van der Waals surface area (Å²) in [5.41, 5.74) is 7.87. The SMILES string of the molecule is CC1(C)c2ccccc2-c2cc3ccc4c5c(cc6c7oc8c(c7c(c21)c3c64)C=CCC8)sc1ccccc15. The molecule has 8 aromatic rings. The number of hydrogen-bond donors (Lipinski definition) is 0. The van der Waals surface area contributed by atoms with Crippen molar-refractivity contribution in [1.82, 2.24) is 0 Å². The summed E-state index contributed by atoms with van der Waals surface area (Å²) in [7, 11) is 0. The van der Waals surface area contributed by atoms with E-state index < -0.39 is 0 Å². The number of aryl methyl sites for hydroxylation is 1. The van der Waals surface area contributed by atoms with Gasteiger partial charge < -0.3 is 4.42 Å². The molecule has 0 atom stereocenters. The van der Waals surface area contributed by atoms with Crippen molar-refractivity contribution in [3.05, 3.63) is 101 Å². The van der Waals surface area contributed by atoms with Gasteiger partial charge in [-0.1, -0.05) is 80.6 Å².